The van der Waals surface area contributed by atoms with Gasteiger partial charge in [-0.1, -0.05) is 26.8 Å². The maximum atomic E-state index is 11.6. The summed E-state index contributed by atoms with van der Waals surface area (Å²) in [5.41, 5.74) is 0.743. The average molecular weight is 238 g/mol. The van der Waals surface area contributed by atoms with E-state index in [0.29, 0.717) is 12.2 Å². The molecule has 0 spiro atoms. The predicted molar refractivity (Wildman–Crippen MR) is 68.0 cm³/mol. The average Bonchev–Trinajstić information content (AvgIpc) is 2.15. The molecule has 0 aliphatic carbocycles. The number of ether oxygens (including phenoxy) is 1. The summed E-state index contributed by atoms with van der Waals surface area (Å²) in [4.78, 5) is 12.4. The molecule has 16 heavy (non-hydrogen) atoms. The Kier molecular flexibility index (Phi) is 4.42. The Morgan fingerprint density at radius 3 is 2.62 bits per heavy atom. The van der Waals surface area contributed by atoms with E-state index in [0.717, 1.165) is 11.3 Å². The first-order valence-electron chi connectivity index (χ1n) is 5.35. The van der Waals surface area contributed by atoms with Crippen molar-refractivity contribution in [1.82, 2.24) is 0 Å². The van der Waals surface area contributed by atoms with Crippen LogP contribution in [0, 0.1) is 5.41 Å². The monoisotopic (exact) mass is 238 g/mol. The van der Waals surface area contributed by atoms with Gasteiger partial charge in [0.15, 0.2) is 0 Å². The fourth-order valence-corrected chi connectivity index (χ4v) is 1.39. The lowest BCUT2D eigenvalue weighted by Crippen LogP contribution is -2.13. The van der Waals surface area contributed by atoms with Crippen molar-refractivity contribution in [3.05, 3.63) is 29.8 Å². The lowest BCUT2D eigenvalue weighted by atomic mass is 9.93. The van der Waals surface area contributed by atoms with Gasteiger partial charge in [0.05, 0.1) is 12.2 Å². The number of thiol groups is 1. The largest absolute Gasteiger partial charge is 0.462 e. The molecule has 0 bridgehead atoms. The highest BCUT2D eigenvalue weighted by Crippen LogP contribution is 2.18. The molecule has 88 valence electrons. The third kappa shape index (κ3) is 4.71. The summed E-state index contributed by atoms with van der Waals surface area (Å²) in [7, 11) is 0. The van der Waals surface area contributed by atoms with Gasteiger partial charge in [0.1, 0.15) is 0 Å². The number of hydrogen-bond donors (Lipinski definition) is 1. The van der Waals surface area contributed by atoms with Gasteiger partial charge in [0.25, 0.3) is 0 Å². The van der Waals surface area contributed by atoms with Gasteiger partial charge >= 0.3 is 5.97 Å². The molecule has 2 nitrogen and oxygen atoms in total. The first-order chi connectivity index (χ1) is 7.38. The van der Waals surface area contributed by atoms with Crippen LogP contribution >= 0.6 is 12.6 Å². The van der Waals surface area contributed by atoms with Crippen LogP contribution < -0.4 is 0 Å². The van der Waals surface area contributed by atoms with Crippen molar-refractivity contribution < 1.29 is 9.53 Å². The molecular weight excluding hydrogens is 220 g/mol. The van der Waals surface area contributed by atoms with Crippen molar-refractivity contribution in [2.75, 3.05) is 6.61 Å². The van der Waals surface area contributed by atoms with E-state index in [-0.39, 0.29) is 11.4 Å². The molecule has 3 heteroatoms. The second-order valence-corrected chi connectivity index (χ2v) is 5.51. The van der Waals surface area contributed by atoms with Crippen molar-refractivity contribution in [1.29, 1.82) is 0 Å². The zero-order valence-corrected chi connectivity index (χ0v) is 10.9. The molecule has 0 N–H and O–H groups in total. The number of rotatable bonds is 3. The number of carbonyl (C=O) groups excluding carboxylic acids is 1. The van der Waals surface area contributed by atoms with Crippen molar-refractivity contribution in [3.8, 4) is 0 Å². The molecule has 0 heterocycles. The Hall–Kier alpha value is -0.960. The number of esters is 1. The van der Waals surface area contributed by atoms with Gasteiger partial charge in [-0.25, -0.2) is 4.79 Å². The van der Waals surface area contributed by atoms with E-state index in [1.807, 2.05) is 6.07 Å². The van der Waals surface area contributed by atoms with E-state index in [1.165, 1.54) is 0 Å². The minimum Gasteiger partial charge on any atom is -0.462 e. The molecule has 0 aliphatic heterocycles. The standard InChI is InChI=1S/C13H18O2S/c1-13(2,3)7-8-15-12(14)10-5-4-6-11(16)9-10/h4-6,9,16H,7-8H2,1-3H3. The van der Waals surface area contributed by atoms with Gasteiger partial charge in [-0.15, -0.1) is 12.6 Å². The molecule has 0 aliphatic rings. The number of carbonyl (C=O) groups is 1. The van der Waals surface area contributed by atoms with Crippen LogP contribution in [0.3, 0.4) is 0 Å². The highest BCUT2D eigenvalue weighted by Gasteiger charge is 2.12. The van der Waals surface area contributed by atoms with E-state index < -0.39 is 0 Å². The fourth-order valence-electron chi connectivity index (χ4n) is 1.17. The fraction of sp³-hybridized carbons (Fsp3) is 0.462. The third-order valence-corrected chi connectivity index (χ3v) is 2.45. The van der Waals surface area contributed by atoms with Gasteiger partial charge in [-0.05, 0) is 30.0 Å². The van der Waals surface area contributed by atoms with E-state index in [2.05, 4.69) is 33.4 Å². The molecule has 1 rings (SSSR count). The lowest BCUT2D eigenvalue weighted by Gasteiger charge is -2.17. The molecule has 1 aromatic carbocycles. The van der Waals surface area contributed by atoms with Crippen LogP contribution in [0.1, 0.15) is 37.6 Å². The molecule has 1 aromatic rings. The van der Waals surface area contributed by atoms with Crippen LogP contribution in [-0.4, -0.2) is 12.6 Å². The van der Waals surface area contributed by atoms with E-state index in [4.69, 9.17) is 4.74 Å². The van der Waals surface area contributed by atoms with Crippen LogP contribution in [0.25, 0.3) is 0 Å². The van der Waals surface area contributed by atoms with Crippen LogP contribution in [0.4, 0.5) is 0 Å². The predicted octanol–water partition coefficient (Wildman–Crippen LogP) is 3.57. The molecule has 0 atom stereocenters. The van der Waals surface area contributed by atoms with Crippen molar-refractivity contribution in [2.45, 2.75) is 32.1 Å². The SMILES string of the molecule is CC(C)(C)CCOC(=O)c1cccc(S)c1. The van der Waals surface area contributed by atoms with Crippen LogP contribution in [0.5, 0.6) is 0 Å². The minimum atomic E-state index is -0.278. The van der Waals surface area contributed by atoms with Gasteiger partial charge in [-0.3, -0.25) is 0 Å². The van der Waals surface area contributed by atoms with Gasteiger partial charge in [-0.2, -0.15) is 0 Å². The van der Waals surface area contributed by atoms with Crippen LogP contribution in [-0.2, 0) is 4.74 Å². The summed E-state index contributed by atoms with van der Waals surface area (Å²) in [5, 5.41) is 0. The Balaban J connectivity index is 2.47. The molecule has 0 unspecified atom stereocenters. The maximum Gasteiger partial charge on any atom is 0.338 e. The number of hydrogen-bond acceptors (Lipinski definition) is 3. The van der Waals surface area contributed by atoms with Gasteiger partial charge in [0.2, 0.25) is 0 Å². The summed E-state index contributed by atoms with van der Waals surface area (Å²) in [6.45, 7) is 6.82. The van der Waals surface area contributed by atoms with Crippen LogP contribution in [0.15, 0.2) is 29.2 Å². The first kappa shape index (κ1) is 13.1. The molecular formula is C13H18O2S. The topological polar surface area (TPSA) is 26.3 Å². The van der Waals surface area contributed by atoms with E-state index >= 15 is 0 Å². The summed E-state index contributed by atoms with van der Waals surface area (Å²) in [6, 6.07) is 7.07. The zero-order valence-electron chi connectivity index (χ0n) is 9.99. The number of benzene rings is 1. The second-order valence-electron chi connectivity index (χ2n) is 5.00. The second kappa shape index (κ2) is 5.39. The smallest absolute Gasteiger partial charge is 0.338 e. The normalized spacial score (nSPS) is 11.2. The lowest BCUT2D eigenvalue weighted by molar-refractivity contribution is 0.0464. The summed E-state index contributed by atoms with van der Waals surface area (Å²) < 4.78 is 5.19. The van der Waals surface area contributed by atoms with E-state index in [1.54, 1.807) is 18.2 Å². The summed E-state index contributed by atoms with van der Waals surface area (Å²) in [6.07, 6.45) is 0.860. The molecule has 0 aromatic heterocycles. The van der Waals surface area contributed by atoms with Gasteiger partial charge in [0, 0.05) is 4.90 Å². The summed E-state index contributed by atoms with van der Waals surface area (Å²) in [5.74, 6) is -0.278. The highest BCUT2D eigenvalue weighted by atomic mass is 32.1. The zero-order chi connectivity index (χ0) is 12.2. The highest BCUT2D eigenvalue weighted by molar-refractivity contribution is 7.80. The molecule has 0 radical (unpaired) electrons. The first-order valence-corrected chi connectivity index (χ1v) is 5.79. The molecule has 0 fully saturated rings. The minimum absolute atomic E-state index is 0.186. The maximum absolute atomic E-state index is 11.6. The van der Waals surface area contributed by atoms with Crippen molar-refractivity contribution in [2.24, 2.45) is 5.41 Å². The molecule has 0 amide bonds. The summed E-state index contributed by atoms with van der Waals surface area (Å²) >= 11 is 4.18. The van der Waals surface area contributed by atoms with E-state index in [9.17, 15) is 4.79 Å². The quantitative estimate of drug-likeness (QED) is 0.643. The third-order valence-electron chi connectivity index (χ3n) is 2.17. The van der Waals surface area contributed by atoms with Crippen LogP contribution in [0.2, 0.25) is 0 Å². The Morgan fingerprint density at radius 1 is 1.38 bits per heavy atom. The molecule has 0 saturated carbocycles. The van der Waals surface area contributed by atoms with Crippen molar-refractivity contribution in [3.63, 3.8) is 0 Å². The Morgan fingerprint density at radius 2 is 2.06 bits per heavy atom. The Labute approximate surface area is 102 Å². The van der Waals surface area contributed by atoms with Crippen molar-refractivity contribution >= 4 is 18.6 Å². The van der Waals surface area contributed by atoms with Gasteiger partial charge < -0.3 is 4.74 Å². The molecule has 0 saturated heterocycles. The Bertz CT molecular complexity index is 366.